The first kappa shape index (κ1) is 17.8. The van der Waals surface area contributed by atoms with E-state index in [1.54, 1.807) is 25.3 Å². The number of hydrogen-bond acceptors (Lipinski definition) is 4. The van der Waals surface area contributed by atoms with E-state index in [2.05, 4.69) is 22.8 Å². The first-order chi connectivity index (χ1) is 12.6. The van der Waals surface area contributed by atoms with Gasteiger partial charge in [0.25, 0.3) is 0 Å². The third-order valence-corrected chi connectivity index (χ3v) is 4.43. The fraction of sp³-hybridized carbons (Fsp3) is 0.300. The molecule has 136 valence electrons. The van der Waals surface area contributed by atoms with Gasteiger partial charge in [0.05, 0.1) is 19.3 Å². The summed E-state index contributed by atoms with van der Waals surface area (Å²) in [5.41, 5.74) is 3.84. The lowest BCUT2D eigenvalue weighted by Crippen LogP contribution is -2.39. The number of ether oxygens (including phenoxy) is 1. The molecule has 6 nitrogen and oxygen atoms in total. The van der Waals surface area contributed by atoms with E-state index < -0.39 is 0 Å². The number of carbonyl (C=O) groups excluding carboxylic acids is 2. The zero-order valence-corrected chi connectivity index (χ0v) is 15.0. The summed E-state index contributed by atoms with van der Waals surface area (Å²) in [4.78, 5) is 25.7. The molecule has 2 aromatic carbocycles. The van der Waals surface area contributed by atoms with Crippen molar-refractivity contribution in [2.24, 2.45) is 0 Å². The van der Waals surface area contributed by atoms with Gasteiger partial charge >= 0.3 is 0 Å². The second-order valence-corrected chi connectivity index (χ2v) is 6.28. The summed E-state index contributed by atoms with van der Waals surface area (Å²) >= 11 is 0. The molecule has 2 amide bonds. The van der Waals surface area contributed by atoms with E-state index in [4.69, 9.17) is 4.74 Å². The molecule has 0 atom stereocenters. The van der Waals surface area contributed by atoms with Crippen LogP contribution in [0.2, 0.25) is 0 Å². The van der Waals surface area contributed by atoms with Crippen molar-refractivity contribution in [1.29, 1.82) is 0 Å². The molecule has 0 fully saturated rings. The van der Waals surface area contributed by atoms with Crippen molar-refractivity contribution in [2.75, 3.05) is 30.8 Å². The Morgan fingerprint density at radius 1 is 1.15 bits per heavy atom. The van der Waals surface area contributed by atoms with Crippen LogP contribution in [0.5, 0.6) is 5.75 Å². The van der Waals surface area contributed by atoms with Crippen LogP contribution in [0.1, 0.15) is 18.1 Å². The highest BCUT2D eigenvalue weighted by molar-refractivity contribution is 5.90. The molecule has 0 spiro atoms. The van der Waals surface area contributed by atoms with Crippen LogP contribution >= 0.6 is 0 Å². The van der Waals surface area contributed by atoms with Crippen molar-refractivity contribution < 1.29 is 14.3 Å². The van der Waals surface area contributed by atoms with Gasteiger partial charge in [-0.2, -0.15) is 0 Å². The first-order valence-corrected chi connectivity index (χ1v) is 8.61. The quantitative estimate of drug-likeness (QED) is 0.867. The van der Waals surface area contributed by atoms with E-state index in [0.717, 1.165) is 13.0 Å². The zero-order chi connectivity index (χ0) is 18.5. The molecule has 1 aliphatic heterocycles. The minimum absolute atomic E-state index is 0.0338. The van der Waals surface area contributed by atoms with Gasteiger partial charge in [-0.05, 0) is 35.7 Å². The Kier molecular flexibility index (Phi) is 5.41. The first-order valence-electron chi connectivity index (χ1n) is 8.61. The standard InChI is InChI=1S/C20H23N3O3/c1-14(24)22-17-7-8-19(26-2)18(11-17)21-12-20(25)23-10-9-15-5-3-4-6-16(15)13-23/h3-8,11,21H,9-10,12-13H2,1-2H3,(H,22,24). The van der Waals surface area contributed by atoms with Crippen LogP contribution in [0.4, 0.5) is 11.4 Å². The highest BCUT2D eigenvalue weighted by Gasteiger charge is 2.20. The molecule has 2 N–H and O–H groups in total. The van der Waals surface area contributed by atoms with Gasteiger partial charge in [0.15, 0.2) is 0 Å². The van der Waals surface area contributed by atoms with Crippen LogP contribution in [0, 0.1) is 0 Å². The van der Waals surface area contributed by atoms with Crippen LogP contribution < -0.4 is 15.4 Å². The maximum Gasteiger partial charge on any atom is 0.242 e. The monoisotopic (exact) mass is 353 g/mol. The lowest BCUT2D eigenvalue weighted by Gasteiger charge is -2.29. The van der Waals surface area contributed by atoms with E-state index in [9.17, 15) is 9.59 Å². The summed E-state index contributed by atoms with van der Waals surface area (Å²) in [7, 11) is 1.57. The summed E-state index contributed by atoms with van der Waals surface area (Å²) < 4.78 is 5.33. The molecule has 0 saturated carbocycles. The largest absolute Gasteiger partial charge is 0.495 e. The Balaban J connectivity index is 1.65. The number of fused-ring (bicyclic) bond motifs is 1. The second-order valence-electron chi connectivity index (χ2n) is 6.28. The Labute approximate surface area is 153 Å². The van der Waals surface area contributed by atoms with Crippen LogP contribution in [0.15, 0.2) is 42.5 Å². The number of carbonyl (C=O) groups is 2. The average Bonchev–Trinajstić information content (AvgIpc) is 2.65. The van der Waals surface area contributed by atoms with E-state index in [1.165, 1.54) is 18.1 Å². The maximum atomic E-state index is 12.6. The van der Waals surface area contributed by atoms with Crippen molar-refractivity contribution in [3.63, 3.8) is 0 Å². The smallest absolute Gasteiger partial charge is 0.242 e. The molecule has 2 aromatic rings. The molecule has 0 saturated heterocycles. The van der Waals surface area contributed by atoms with E-state index in [-0.39, 0.29) is 18.4 Å². The molecule has 1 aliphatic rings. The number of benzene rings is 2. The number of nitrogens with one attached hydrogen (secondary N) is 2. The molecule has 0 aromatic heterocycles. The van der Waals surface area contributed by atoms with Crippen LogP contribution in [-0.2, 0) is 22.6 Å². The van der Waals surface area contributed by atoms with Crippen molar-refractivity contribution in [3.05, 3.63) is 53.6 Å². The second kappa shape index (κ2) is 7.91. The van der Waals surface area contributed by atoms with Gasteiger partial charge in [-0.25, -0.2) is 0 Å². The summed E-state index contributed by atoms with van der Waals surface area (Å²) in [6.45, 7) is 2.98. The third kappa shape index (κ3) is 4.14. The van der Waals surface area contributed by atoms with Crippen LogP contribution in [0.3, 0.4) is 0 Å². The summed E-state index contributed by atoms with van der Waals surface area (Å²) in [6.07, 6.45) is 0.878. The van der Waals surface area contributed by atoms with E-state index in [1.807, 2.05) is 17.0 Å². The predicted molar refractivity (Wildman–Crippen MR) is 101 cm³/mol. The number of anilines is 2. The summed E-state index contributed by atoms with van der Waals surface area (Å²) in [5, 5.41) is 5.86. The van der Waals surface area contributed by atoms with Crippen molar-refractivity contribution in [1.82, 2.24) is 4.90 Å². The zero-order valence-electron chi connectivity index (χ0n) is 15.0. The third-order valence-electron chi connectivity index (χ3n) is 4.43. The maximum absolute atomic E-state index is 12.6. The van der Waals surface area contributed by atoms with Gasteiger partial charge < -0.3 is 20.3 Å². The fourth-order valence-electron chi connectivity index (χ4n) is 3.12. The predicted octanol–water partition coefficient (Wildman–Crippen LogP) is 2.65. The van der Waals surface area contributed by atoms with Gasteiger partial charge in [-0.3, -0.25) is 9.59 Å². The van der Waals surface area contributed by atoms with E-state index >= 15 is 0 Å². The minimum Gasteiger partial charge on any atom is -0.495 e. The number of hydrogen-bond donors (Lipinski definition) is 2. The molecule has 0 bridgehead atoms. The van der Waals surface area contributed by atoms with Gasteiger partial charge in [-0.15, -0.1) is 0 Å². The molecular weight excluding hydrogens is 330 g/mol. The summed E-state index contributed by atoms with van der Waals surface area (Å²) in [5.74, 6) is 0.506. The van der Waals surface area contributed by atoms with Crippen LogP contribution in [0.25, 0.3) is 0 Å². The molecule has 0 radical (unpaired) electrons. The van der Waals surface area contributed by atoms with Crippen molar-refractivity contribution in [2.45, 2.75) is 19.9 Å². The highest BCUT2D eigenvalue weighted by Crippen LogP contribution is 2.28. The minimum atomic E-state index is -0.149. The molecule has 0 aliphatic carbocycles. The van der Waals surface area contributed by atoms with Crippen LogP contribution in [-0.4, -0.2) is 36.9 Å². The topological polar surface area (TPSA) is 70.7 Å². The van der Waals surface area contributed by atoms with Gasteiger partial charge in [0, 0.05) is 25.7 Å². The lowest BCUT2D eigenvalue weighted by atomic mass is 10.00. The van der Waals surface area contributed by atoms with E-state index in [0.29, 0.717) is 23.7 Å². The van der Waals surface area contributed by atoms with Gasteiger partial charge in [-0.1, -0.05) is 24.3 Å². The SMILES string of the molecule is COc1ccc(NC(C)=O)cc1NCC(=O)N1CCc2ccccc2C1. The molecule has 1 heterocycles. The number of rotatable bonds is 5. The Bertz CT molecular complexity index is 820. The van der Waals surface area contributed by atoms with Crippen molar-refractivity contribution >= 4 is 23.2 Å². The molecule has 6 heteroatoms. The Morgan fingerprint density at radius 2 is 1.92 bits per heavy atom. The Hall–Kier alpha value is -3.02. The summed E-state index contributed by atoms with van der Waals surface area (Å²) in [6, 6.07) is 13.5. The van der Waals surface area contributed by atoms with Gasteiger partial charge in [0.1, 0.15) is 5.75 Å². The Morgan fingerprint density at radius 3 is 2.65 bits per heavy atom. The number of amides is 2. The average molecular weight is 353 g/mol. The number of methoxy groups -OCH3 is 1. The number of nitrogens with zero attached hydrogens (tertiary/aromatic N) is 1. The molecular formula is C20H23N3O3. The molecule has 0 unspecified atom stereocenters. The van der Waals surface area contributed by atoms with Gasteiger partial charge in [0.2, 0.25) is 11.8 Å². The molecule has 3 rings (SSSR count). The molecule has 26 heavy (non-hydrogen) atoms. The highest BCUT2D eigenvalue weighted by atomic mass is 16.5. The fourth-order valence-corrected chi connectivity index (χ4v) is 3.12. The normalized spacial score (nSPS) is 12.9. The van der Waals surface area contributed by atoms with Crippen molar-refractivity contribution in [3.8, 4) is 5.75 Å². The lowest BCUT2D eigenvalue weighted by molar-refractivity contribution is -0.130.